The van der Waals surface area contributed by atoms with Gasteiger partial charge in [-0.3, -0.25) is 4.79 Å². The van der Waals surface area contributed by atoms with Crippen LogP contribution >= 0.6 is 0 Å². The quantitative estimate of drug-likeness (QED) is 0.874. The van der Waals surface area contributed by atoms with E-state index in [1.807, 2.05) is 31.2 Å². The van der Waals surface area contributed by atoms with Crippen LogP contribution in [0.15, 0.2) is 59.5 Å². The molecule has 5 nitrogen and oxygen atoms in total. The van der Waals surface area contributed by atoms with E-state index in [2.05, 4.69) is 5.32 Å². The van der Waals surface area contributed by atoms with Crippen molar-refractivity contribution in [3.8, 4) is 0 Å². The highest BCUT2D eigenvalue weighted by Gasteiger charge is 2.30. The molecular formula is C20H24N2O3S. The Hall–Kier alpha value is -2.18. The molecule has 1 N–H and O–H groups in total. The second-order valence-corrected chi connectivity index (χ2v) is 8.72. The van der Waals surface area contributed by atoms with Crippen molar-refractivity contribution in [2.75, 3.05) is 18.4 Å². The first-order valence-corrected chi connectivity index (χ1v) is 10.3. The van der Waals surface area contributed by atoms with Crippen molar-refractivity contribution >= 4 is 21.6 Å². The largest absolute Gasteiger partial charge is 0.326 e. The lowest BCUT2D eigenvalue weighted by Crippen LogP contribution is -2.39. The van der Waals surface area contributed by atoms with E-state index in [0.29, 0.717) is 37.2 Å². The Bertz CT molecular complexity index is 840. The number of nitrogens with one attached hydrogen (secondary N) is 1. The van der Waals surface area contributed by atoms with E-state index in [1.54, 1.807) is 30.3 Å². The summed E-state index contributed by atoms with van der Waals surface area (Å²) >= 11 is 0. The molecular weight excluding hydrogens is 348 g/mol. The lowest BCUT2D eigenvalue weighted by atomic mass is 9.94. The van der Waals surface area contributed by atoms with E-state index < -0.39 is 10.0 Å². The maximum absolute atomic E-state index is 12.6. The molecule has 3 rings (SSSR count). The highest BCUT2D eigenvalue weighted by Crippen LogP contribution is 2.26. The molecule has 0 atom stereocenters. The van der Waals surface area contributed by atoms with Gasteiger partial charge in [0.1, 0.15) is 0 Å². The number of sulfonamides is 1. The number of nitrogens with zero attached hydrogens (tertiary/aromatic N) is 1. The second-order valence-electron chi connectivity index (χ2n) is 6.78. The van der Waals surface area contributed by atoms with Gasteiger partial charge < -0.3 is 5.32 Å². The third kappa shape index (κ3) is 4.51. The van der Waals surface area contributed by atoms with Crippen molar-refractivity contribution in [1.82, 2.24) is 4.31 Å². The van der Waals surface area contributed by atoms with E-state index in [9.17, 15) is 13.2 Å². The number of piperidine rings is 1. The molecule has 1 fully saturated rings. The van der Waals surface area contributed by atoms with Crippen molar-refractivity contribution in [2.45, 2.75) is 31.1 Å². The molecule has 1 aliphatic heterocycles. The average Bonchev–Trinajstić information content (AvgIpc) is 2.65. The van der Waals surface area contributed by atoms with E-state index in [1.165, 1.54) is 4.31 Å². The van der Waals surface area contributed by atoms with Gasteiger partial charge in [0.15, 0.2) is 0 Å². The summed E-state index contributed by atoms with van der Waals surface area (Å²) in [6, 6.07) is 16.2. The van der Waals surface area contributed by atoms with Crippen LogP contribution in [-0.4, -0.2) is 31.7 Å². The van der Waals surface area contributed by atoms with Crippen LogP contribution in [0.5, 0.6) is 0 Å². The van der Waals surface area contributed by atoms with Gasteiger partial charge >= 0.3 is 0 Å². The van der Waals surface area contributed by atoms with Crippen LogP contribution in [0.4, 0.5) is 5.69 Å². The number of amides is 1. The number of anilines is 1. The molecule has 26 heavy (non-hydrogen) atoms. The minimum absolute atomic E-state index is 0.0155. The molecule has 1 heterocycles. The Balaban J connectivity index is 1.52. The predicted octanol–water partition coefficient (Wildman–Crippen LogP) is 3.42. The van der Waals surface area contributed by atoms with Gasteiger partial charge in [0.2, 0.25) is 15.9 Å². The Kier molecular flexibility index (Phi) is 5.74. The molecule has 0 saturated carbocycles. The third-order valence-corrected chi connectivity index (χ3v) is 6.68. The fourth-order valence-corrected chi connectivity index (χ4v) is 4.70. The number of aryl methyl sites for hydroxylation is 1. The average molecular weight is 372 g/mol. The third-order valence-electron chi connectivity index (χ3n) is 4.76. The van der Waals surface area contributed by atoms with Crippen LogP contribution in [0.2, 0.25) is 0 Å². The van der Waals surface area contributed by atoms with E-state index >= 15 is 0 Å². The van der Waals surface area contributed by atoms with Crippen LogP contribution < -0.4 is 5.32 Å². The van der Waals surface area contributed by atoms with Gasteiger partial charge in [-0.15, -0.1) is 0 Å². The van der Waals surface area contributed by atoms with Gasteiger partial charge in [0, 0.05) is 25.2 Å². The first-order chi connectivity index (χ1) is 12.4. The summed E-state index contributed by atoms with van der Waals surface area (Å²) in [5.74, 6) is 0.195. The monoisotopic (exact) mass is 372 g/mol. The van der Waals surface area contributed by atoms with Gasteiger partial charge in [-0.05, 0) is 49.9 Å². The number of carbonyl (C=O) groups excluding carboxylic acids is 1. The summed E-state index contributed by atoms with van der Waals surface area (Å²) in [5, 5.41) is 2.91. The minimum Gasteiger partial charge on any atom is -0.326 e. The van der Waals surface area contributed by atoms with Crippen molar-refractivity contribution in [3.63, 3.8) is 0 Å². The standard InChI is InChI=1S/C20H24N2O3S/c1-16-7-9-18(10-8-16)21-20(23)15-17-11-13-22(14-12-17)26(24,25)19-5-3-2-4-6-19/h2-10,17H,11-15H2,1H3,(H,21,23). The molecule has 6 heteroatoms. The molecule has 2 aromatic carbocycles. The van der Waals surface area contributed by atoms with Gasteiger partial charge in [0.25, 0.3) is 0 Å². The van der Waals surface area contributed by atoms with Crippen LogP contribution in [0.25, 0.3) is 0 Å². The Morgan fingerprint density at radius 2 is 1.65 bits per heavy atom. The molecule has 1 amide bonds. The van der Waals surface area contributed by atoms with Gasteiger partial charge in [0.05, 0.1) is 4.90 Å². The van der Waals surface area contributed by atoms with Gasteiger partial charge in [-0.25, -0.2) is 8.42 Å². The predicted molar refractivity (Wildman–Crippen MR) is 102 cm³/mol. The van der Waals surface area contributed by atoms with Crippen molar-refractivity contribution in [1.29, 1.82) is 0 Å². The van der Waals surface area contributed by atoms with E-state index in [-0.39, 0.29) is 11.8 Å². The topological polar surface area (TPSA) is 66.5 Å². The lowest BCUT2D eigenvalue weighted by molar-refractivity contribution is -0.117. The van der Waals surface area contributed by atoms with E-state index in [0.717, 1.165) is 11.3 Å². The molecule has 0 radical (unpaired) electrons. The molecule has 0 aliphatic carbocycles. The number of benzene rings is 2. The molecule has 138 valence electrons. The minimum atomic E-state index is -3.43. The van der Waals surface area contributed by atoms with Crippen molar-refractivity contribution in [3.05, 3.63) is 60.2 Å². The van der Waals surface area contributed by atoms with Crippen LogP contribution in [0, 0.1) is 12.8 Å². The van der Waals surface area contributed by atoms with Crippen LogP contribution in [-0.2, 0) is 14.8 Å². The molecule has 2 aromatic rings. The summed E-state index contributed by atoms with van der Waals surface area (Å²) in [7, 11) is -3.43. The number of hydrogen-bond donors (Lipinski definition) is 1. The molecule has 0 unspecified atom stereocenters. The summed E-state index contributed by atoms with van der Waals surface area (Å²) in [4.78, 5) is 12.6. The summed E-state index contributed by atoms with van der Waals surface area (Å²) in [6.07, 6.45) is 1.83. The molecule has 0 aromatic heterocycles. The Morgan fingerprint density at radius 1 is 1.04 bits per heavy atom. The van der Waals surface area contributed by atoms with Crippen molar-refractivity contribution < 1.29 is 13.2 Å². The van der Waals surface area contributed by atoms with E-state index in [4.69, 9.17) is 0 Å². The highest BCUT2D eigenvalue weighted by atomic mass is 32.2. The molecule has 1 aliphatic rings. The van der Waals surface area contributed by atoms with Gasteiger partial charge in [-0.1, -0.05) is 35.9 Å². The second kappa shape index (κ2) is 8.01. The zero-order valence-corrected chi connectivity index (χ0v) is 15.7. The number of rotatable bonds is 5. The zero-order chi connectivity index (χ0) is 18.6. The maximum Gasteiger partial charge on any atom is 0.243 e. The summed E-state index contributed by atoms with van der Waals surface area (Å²) in [5.41, 5.74) is 1.94. The van der Waals surface area contributed by atoms with Crippen molar-refractivity contribution in [2.24, 2.45) is 5.92 Å². The fourth-order valence-electron chi connectivity index (χ4n) is 3.21. The molecule has 1 saturated heterocycles. The first-order valence-electron chi connectivity index (χ1n) is 8.87. The normalized spacial score (nSPS) is 16.3. The summed E-state index contributed by atoms with van der Waals surface area (Å²) < 4.78 is 26.8. The van der Waals surface area contributed by atoms with Crippen LogP contribution in [0.1, 0.15) is 24.8 Å². The summed E-state index contributed by atoms with van der Waals surface area (Å²) in [6.45, 7) is 2.92. The molecule has 0 spiro atoms. The van der Waals surface area contributed by atoms with Gasteiger partial charge in [-0.2, -0.15) is 4.31 Å². The SMILES string of the molecule is Cc1ccc(NC(=O)CC2CCN(S(=O)(=O)c3ccccc3)CC2)cc1. The zero-order valence-electron chi connectivity index (χ0n) is 14.9. The number of carbonyl (C=O) groups is 1. The number of hydrogen-bond acceptors (Lipinski definition) is 3. The fraction of sp³-hybridized carbons (Fsp3) is 0.350. The van der Waals surface area contributed by atoms with Crippen LogP contribution in [0.3, 0.4) is 0 Å². The molecule has 0 bridgehead atoms. The first kappa shape index (κ1) is 18.6. The maximum atomic E-state index is 12.6. The highest BCUT2D eigenvalue weighted by molar-refractivity contribution is 7.89. The lowest BCUT2D eigenvalue weighted by Gasteiger charge is -2.31. The smallest absolute Gasteiger partial charge is 0.243 e. The Labute approximate surface area is 155 Å². The Morgan fingerprint density at radius 3 is 2.27 bits per heavy atom.